The Morgan fingerprint density at radius 1 is 1.05 bits per heavy atom. The van der Waals surface area contributed by atoms with Crippen LogP contribution >= 0.6 is 0 Å². The Balaban J connectivity index is 1.25. The Hall–Kier alpha value is -4.11. The zero-order valence-corrected chi connectivity index (χ0v) is 23.7. The molecule has 3 aromatic heterocycles. The number of amides is 1. The quantitative estimate of drug-likeness (QED) is 0.335. The smallest absolute Gasteiger partial charge is 0.254 e. The molecule has 1 amide bonds. The van der Waals surface area contributed by atoms with Crippen LogP contribution in [0, 0.1) is 11.8 Å². The van der Waals surface area contributed by atoms with Crippen LogP contribution in [0.1, 0.15) is 36.0 Å². The van der Waals surface area contributed by atoms with Crippen LogP contribution < -0.4 is 10.5 Å². The molecule has 8 rings (SSSR count). The van der Waals surface area contributed by atoms with E-state index in [0.717, 1.165) is 59.7 Å². The van der Waals surface area contributed by atoms with Crippen LogP contribution in [0.4, 0.5) is 0 Å². The summed E-state index contributed by atoms with van der Waals surface area (Å²) < 4.78 is 12.3. The number of aryl methyl sites for hydroxylation is 2. The topological polar surface area (TPSA) is 96.1 Å². The maximum absolute atomic E-state index is 13.7. The third-order valence-corrected chi connectivity index (χ3v) is 9.70. The fourth-order valence-corrected chi connectivity index (χ4v) is 7.28. The molecule has 41 heavy (non-hydrogen) atoms. The first-order valence-corrected chi connectivity index (χ1v) is 14.6. The second-order valence-corrected chi connectivity index (χ2v) is 12.2. The fourth-order valence-electron chi connectivity index (χ4n) is 7.28. The van der Waals surface area contributed by atoms with Crippen LogP contribution in [0.2, 0.25) is 0 Å². The number of fused-ring (bicyclic) bond motifs is 4. The van der Waals surface area contributed by atoms with Crippen LogP contribution in [-0.2, 0) is 20.6 Å². The molecular formula is C32H35N7O2. The molecule has 3 atom stereocenters. The van der Waals surface area contributed by atoms with Crippen molar-refractivity contribution in [2.45, 2.75) is 44.3 Å². The van der Waals surface area contributed by atoms with Crippen molar-refractivity contribution in [3.8, 4) is 28.5 Å². The Bertz CT molecular complexity index is 1840. The monoisotopic (exact) mass is 549 g/mol. The molecule has 1 aliphatic heterocycles. The Morgan fingerprint density at radius 2 is 1.90 bits per heavy atom. The number of nitrogens with two attached hydrogens (primary N) is 1. The highest BCUT2D eigenvalue weighted by atomic mass is 16.5. The van der Waals surface area contributed by atoms with E-state index in [1.165, 1.54) is 23.7 Å². The number of methoxy groups -OCH3 is 1. The highest BCUT2D eigenvalue weighted by Crippen LogP contribution is 2.40. The second kappa shape index (κ2) is 8.94. The molecule has 1 saturated heterocycles. The van der Waals surface area contributed by atoms with Crippen molar-refractivity contribution in [1.82, 2.24) is 28.8 Å². The number of benzene rings is 2. The molecule has 4 heterocycles. The van der Waals surface area contributed by atoms with Gasteiger partial charge in [0.1, 0.15) is 11.3 Å². The first-order chi connectivity index (χ1) is 19.9. The highest BCUT2D eigenvalue weighted by Gasteiger charge is 2.47. The third kappa shape index (κ3) is 3.75. The molecule has 3 aliphatic rings. The second-order valence-electron chi connectivity index (χ2n) is 12.2. The summed E-state index contributed by atoms with van der Waals surface area (Å²) in [5.74, 6) is 2.63. The van der Waals surface area contributed by atoms with E-state index in [-0.39, 0.29) is 18.0 Å². The van der Waals surface area contributed by atoms with Crippen LogP contribution in [-0.4, -0.2) is 60.4 Å². The number of hydrogen-bond donors (Lipinski definition) is 1. The maximum Gasteiger partial charge on any atom is 0.254 e. The van der Waals surface area contributed by atoms with Gasteiger partial charge in [-0.1, -0.05) is 12.1 Å². The first-order valence-electron chi connectivity index (χ1n) is 14.6. The molecule has 2 saturated carbocycles. The molecule has 0 unspecified atom stereocenters. The van der Waals surface area contributed by atoms with Gasteiger partial charge >= 0.3 is 0 Å². The van der Waals surface area contributed by atoms with Gasteiger partial charge in [-0.15, -0.1) is 0 Å². The van der Waals surface area contributed by atoms with Gasteiger partial charge in [0.2, 0.25) is 0 Å². The van der Waals surface area contributed by atoms with E-state index < -0.39 is 0 Å². The molecule has 9 heteroatoms. The van der Waals surface area contributed by atoms with Crippen LogP contribution in [0.25, 0.3) is 44.7 Å². The number of likely N-dealkylation sites (tertiary alicyclic amines) is 1. The number of piperidine rings is 1. The lowest BCUT2D eigenvalue weighted by atomic mass is 10.1. The lowest BCUT2D eigenvalue weighted by Gasteiger charge is -2.27. The lowest BCUT2D eigenvalue weighted by Crippen LogP contribution is -2.41. The zero-order chi connectivity index (χ0) is 28.0. The molecule has 9 nitrogen and oxygen atoms in total. The number of carbonyl (C=O) groups excluding carboxylic acids is 1. The number of ether oxygens (including phenoxy) is 1. The van der Waals surface area contributed by atoms with Crippen LogP contribution in [0.3, 0.4) is 0 Å². The maximum atomic E-state index is 13.7. The summed E-state index contributed by atoms with van der Waals surface area (Å²) in [6.07, 6.45) is 6.44. The van der Waals surface area contributed by atoms with Gasteiger partial charge in [-0.25, -0.2) is 4.98 Å². The standard InChI is InChI=1S/C32H35N7O2/c1-36-30-23(12-22(15-28(30)41-3)32(40)39-17-21-8-9-25(39)29(21)33)35-31(36)27-14-20-7-6-19(24-10-11-34-37(24)2)13-26(20)38(27)16-18-4-5-18/h6-7,10-15,18,21,25,29H,4-5,8-9,16-17,33H2,1-3H3/t21-,25-,29-/m1/s1. The Morgan fingerprint density at radius 3 is 2.59 bits per heavy atom. The summed E-state index contributed by atoms with van der Waals surface area (Å²) >= 11 is 0. The van der Waals surface area contributed by atoms with Gasteiger partial charge < -0.3 is 24.5 Å². The number of carbonyl (C=O) groups is 1. The van der Waals surface area contributed by atoms with Gasteiger partial charge in [-0.3, -0.25) is 9.48 Å². The average Bonchev–Trinajstić information content (AvgIpc) is 3.23. The molecule has 2 N–H and O–H groups in total. The van der Waals surface area contributed by atoms with E-state index in [1.807, 2.05) is 48.1 Å². The van der Waals surface area contributed by atoms with Gasteiger partial charge in [-0.05, 0) is 67.9 Å². The lowest BCUT2D eigenvalue weighted by molar-refractivity contribution is 0.0700. The summed E-state index contributed by atoms with van der Waals surface area (Å²) in [6, 6.07) is 14.9. The van der Waals surface area contributed by atoms with Crippen molar-refractivity contribution in [2.75, 3.05) is 13.7 Å². The molecule has 2 bridgehead atoms. The molecule has 210 valence electrons. The summed E-state index contributed by atoms with van der Waals surface area (Å²) in [5.41, 5.74) is 13.2. The van der Waals surface area contributed by atoms with Crippen molar-refractivity contribution in [3.63, 3.8) is 0 Å². The van der Waals surface area contributed by atoms with E-state index in [4.69, 9.17) is 15.5 Å². The summed E-state index contributed by atoms with van der Waals surface area (Å²) in [4.78, 5) is 20.8. The van der Waals surface area contributed by atoms with Gasteiger partial charge in [0.15, 0.2) is 5.82 Å². The normalized spacial score (nSPS) is 22.0. The third-order valence-electron chi connectivity index (χ3n) is 9.70. The zero-order valence-electron chi connectivity index (χ0n) is 23.7. The number of hydrogen-bond acceptors (Lipinski definition) is 5. The van der Waals surface area contributed by atoms with E-state index in [9.17, 15) is 4.79 Å². The van der Waals surface area contributed by atoms with E-state index in [0.29, 0.717) is 23.1 Å². The number of aromatic nitrogens is 5. The predicted octanol–water partition coefficient (Wildman–Crippen LogP) is 4.58. The number of nitrogens with zero attached hydrogens (tertiary/aromatic N) is 6. The van der Waals surface area contributed by atoms with Crippen LogP contribution in [0.15, 0.2) is 48.7 Å². The Kier molecular flexibility index (Phi) is 5.38. The van der Waals surface area contributed by atoms with E-state index >= 15 is 0 Å². The van der Waals surface area contributed by atoms with Gasteiger partial charge in [-0.2, -0.15) is 5.10 Å². The fraction of sp³-hybridized carbons (Fsp3) is 0.406. The molecular weight excluding hydrogens is 514 g/mol. The molecule has 0 radical (unpaired) electrons. The summed E-state index contributed by atoms with van der Waals surface area (Å²) in [7, 11) is 5.67. The molecule has 2 aliphatic carbocycles. The molecule has 5 aromatic rings. The first kappa shape index (κ1) is 24.7. The Labute approximate surface area is 238 Å². The predicted molar refractivity (Wildman–Crippen MR) is 159 cm³/mol. The van der Waals surface area contributed by atoms with Gasteiger partial charge in [0.25, 0.3) is 5.91 Å². The minimum absolute atomic E-state index is 0.0191. The van der Waals surface area contributed by atoms with Crippen LogP contribution in [0.5, 0.6) is 5.75 Å². The molecule has 0 spiro atoms. The number of imidazole rings is 1. The SMILES string of the molecule is COc1cc(C(=O)N2C[C@H]3CC[C@@H]2[C@@H]3N)cc2nc(-c3cc4ccc(-c5ccnn5C)cc4n3CC3CC3)n(C)c12. The molecule has 2 aromatic carbocycles. The van der Waals surface area contributed by atoms with Crippen molar-refractivity contribution in [2.24, 2.45) is 31.7 Å². The van der Waals surface area contributed by atoms with Gasteiger partial charge in [0, 0.05) is 67.5 Å². The average molecular weight is 550 g/mol. The largest absolute Gasteiger partial charge is 0.494 e. The number of rotatable bonds is 6. The molecule has 3 fully saturated rings. The van der Waals surface area contributed by atoms with Gasteiger partial charge in [0.05, 0.1) is 24.0 Å². The van der Waals surface area contributed by atoms with Crippen molar-refractivity contribution in [1.29, 1.82) is 0 Å². The van der Waals surface area contributed by atoms with Crippen molar-refractivity contribution < 1.29 is 9.53 Å². The minimum Gasteiger partial charge on any atom is -0.494 e. The summed E-state index contributed by atoms with van der Waals surface area (Å²) in [6.45, 7) is 1.69. The van der Waals surface area contributed by atoms with Crippen molar-refractivity contribution >= 4 is 27.8 Å². The van der Waals surface area contributed by atoms with E-state index in [1.54, 1.807) is 7.11 Å². The van der Waals surface area contributed by atoms with E-state index in [2.05, 4.69) is 38.5 Å². The minimum atomic E-state index is 0.0191. The highest BCUT2D eigenvalue weighted by molar-refractivity contribution is 6.00. The van der Waals surface area contributed by atoms with Crippen molar-refractivity contribution in [3.05, 3.63) is 54.2 Å². The summed E-state index contributed by atoms with van der Waals surface area (Å²) in [5, 5.41) is 5.55.